The highest BCUT2D eigenvalue weighted by molar-refractivity contribution is 7.20. The summed E-state index contributed by atoms with van der Waals surface area (Å²) in [7, 11) is 0. The maximum absolute atomic E-state index is 12.0. The second-order valence-electron chi connectivity index (χ2n) is 4.94. The van der Waals surface area contributed by atoms with Crippen molar-refractivity contribution in [2.75, 3.05) is 18.9 Å². The molecule has 0 bridgehead atoms. The summed E-state index contributed by atoms with van der Waals surface area (Å²) >= 11 is 1.25. The molecule has 2 N–H and O–H groups in total. The number of hydrogen-bond donors (Lipinski definition) is 1. The molecule has 0 radical (unpaired) electrons. The van der Waals surface area contributed by atoms with Crippen LogP contribution in [0.4, 0.5) is 5.95 Å². The van der Waals surface area contributed by atoms with Crippen LogP contribution in [0.25, 0.3) is 21.5 Å². The van der Waals surface area contributed by atoms with Crippen molar-refractivity contribution < 1.29 is 14.3 Å². The lowest BCUT2D eigenvalue weighted by Crippen LogP contribution is -2.01. The van der Waals surface area contributed by atoms with Gasteiger partial charge >= 0.3 is 5.97 Å². The molecule has 0 aliphatic carbocycles. The Labute approximate surface area is 143 Å². The Morgan fingerprint density at radius 3 is 2.58 bits per heavy atom. The Bertz CT molecular complexity index is 875. The van der Waals surface area contributed by atoms with E-state index in [0.717, 1.165) is 16.7 Å². The van der Waals surface area contributed by atoms with Gasteiger partial charge in [-0.15, -0.1) is 11.3 Å². The molecule has 0 saturated carbocycles. The van der Waals surface area contributed by atoms with Crippen LogP contribution >= 0.6 is 11.3 Å². The van der Waals surface area contributed by atoms with Crippen molar-refractivity contribution >= 4 is 33.5 Å². The Hall–Kier alpha value is -2.67. The molecule has 7 heteroatoms. The normalized spacial score (nSPS) is 10.8. The summed E-state index contributed by atoms with van der Waals surface area (Å²) in [5, 5.41) is 0.779. The van der Waals surface area contributed by atoms with E-state index in [1.54, 1.807) is 13.0 Å². The number of hydrogen-bond acceptors (Lipinski definition) is 7. The summed E-state index contributed by atoms with van der Waals surface area (Å²) in [6, 6.07) is 9.33. The molecule has 1 aromatic carbocycles. The van der Waals surface area contributed by atoms with Crippen molar-refractivity contribution in [1.29, 1.82) is 0 Å². The summed E-state index contributed by atoms with van der Waals surface area (Å²) in [6.07, 6.45) is 0. The maximum Gasteiger partial charge on any atom is 0.348 e. The number of rotatable bonds is 5. The Kier molecular flexibility index (Phi) is 4.61. The summed E-state index contributed by atoms with van der Waals surface area (Å²) in [5.41, 5.74) is 7.39. The number of carbonyl (C=O) groups is 1. The van der Waals surface area contributed by atoms with E-state index in [0.29, 0.717) is 28.6 Å². The molecule has 0 unspecified atom stereocenters. The van der Waals surface area contributed by atoms with Crippen LogP contribution in [-0.2, 0) is 4.74 Å². The van der Waals surface area contributed by atoms with E-state index in [9.17, 15) is 4.79 Å². The molecule has 3 rings (SSSR count). The average Bonchev–Trinajstić information content (AvgIpc) is 2.99. The Balaban J connectivity index is 2.07. The number of nitrogens with zero attached hydrogens (tertiary/aromatic N) is 2. The number of ether oxygens (including phenoxy) is 2. The molecule has 0 fully saturated rings. The van der Waals surface area contributed by atoms with E-state index in [-0.39, 0.29) is 11.9 Å². The number of aromatic nitrogens is 2. The number of carbonyl (C=O) groups excluding carboxylic acids is 1. The monoisotopic (exact) mass is 343 g/mol. The van der Waals surface area contributed by atoms with Crippen molar-refractivity contribution in [3.05, 3.63) is 35.2 Å². The van der Waals surface area contributed by atoms with Gasteiger partial charge in [0.25, 0.3) is 0 Å². The second kappa shape index (κ2) is 6.84. The largest absolute Gasteiger partial charge is 0.494 e. The van der Waals surface area contributed by atoms with Crippen molar-refractivity contribution in [1.82, 2.24) is 9.97 Å². The first-order valence-electron chi connectivity index (χ1n) is 7.59. The first-order valence-corrected chi connectivity index (χ1v) is 8.41. The van der Waals surface area contributed by atoms with Crippen LogP contribution < -0.4 is 10.5 Å². The van der Waals surface area contributed by atoms with Gasteiger partial charge in [0.05, 0.1) is 18.9 Å². The summed E-state index contributed by atoms with van der Waals surface area (Å²) in [6.45, 7) is 4.64. The molecule has 0 saturated heterocycles. The van der Waals surface area contributed by atoms with Crippen LogP contribution in [-0.4, -0.2) is 29.2 Å². The van der Waals surface area contributed by atoms with Gasteiger partial charge in [0.1, 0.15) is 15.5 Å². The highest BCUT2D eigenvalue weighted by atomic mass is 32.1. The number of fused-ring (bicyclic) bond motifs is 1. The molecule has 3 aromatic rings. The maximum atomic E-state index is 12.0. The van der Waals surface area contributed by atoms with Crippen LogP contribution in [0.3, 0.4) is 0 Å². The lowest BCUT2D eigenvalue weighted by molar-refractivity contribution is 0.0532. The molecular weight excluding hydrogens is 326 g/mol. The number of thiophene rings is 1. The van der Waals surface area contributed by atoms with E-state index in [1.807, 2.05) is 31.2 Å². The van der Waals surface area contributed by atoms with Crippen molar-refractivity contribution in [2.24, 2.45) is 0 Å². The number of nitrogens with two attached hydrogens (primary N) is 1. The van der Waals surface area contributed by atoms with Crippen molar-refractivity contribution in [2.45, 2.75) is 13.8 Å². The minimum Gasteiger partial charge on any atom is -0.494 e. The fourth-order valence-corrected chi connectivity index (χ4v) is 3.27. The van der Waals surface area contributed by atoms with Crippen molar-refractivity contribution in [3.8, 4) is 17.0 Å². The van der Waals surface area contributed by atoms with Gasteiger partial charge in [0.15, 0.2) is 0 Å². The first-order chi connectivity index (χ1) is 11.6. The third-order valence-corrected chi connectivity index (χ3v) is 4.33. The van der Waals surface area contributed by atoms with Crippen LogP contribution in [0.2, 0.25) is 0 Å². The number of benzene rings is 1. The van der Waals surface area contributed by atoms with Gasteiger partial charge in [-0.2, -0.15) is 0 Å². The fourth-order valence-electron chi connectivity index (χ4n) is 2.34. The highest BCUT2D eigenvalue weighted by Crippen LogP contribution is 2.33. The van der Waals surface area contributed by atoms with Crippen LogP contribution in [0, 0.1) is 0 Å². The topological polar surface area (TPSA) is 87.3 Å². The van der Waals surface area contributed by atoms with Gasteiger partial charge in [0.2, 0.25) is 5.95 Å². The van der Waals surface area contributed by atoms with E-state index in [4.69, 9.17) is 15.2 Å². The standard InChI is InChI=1S/C17H17N3O3S/c1-3-22-11-7-5-10(6-8-11)14-12-9-13(16(21)23-4-2)24-15(12)20-17(18)19-14/h5-9H,3-4H2,1-2H3,(H2,18,19,20). The van der Waals surface area contributed by atoms with Gasteiger partial charge < -0.3 is 15.2 Å². The van der Waals surface area contributed by atoms with E-state index in [1.165, 1.54) is 11.3 Å². The Morgan fingerprint density at radius 2 is 1.92 bits per heavy atom. The number of nitrogen functional groups attached to an aromatic ring is 1. The molecule has 0 aliphatic rings. The second-order valence-corrected chi connectivity index (χ2v) is 5.97. The zero-order valence-electron chi connectivity index (χ0n) is 13.4. The molecular formula is C17H17N3O3S. The number of esters is 1. The van der Waals surface area contributed by atoms with Crippen molar-refractivity contribution in [3.63, 3.8) is 0 Å². The average molecular weight is 343 g/mol. The molecule has 0 atom stereocenters. The SMILES string of the molecule is CCOC(=O)c1cc2c(-c3ccc(OCC)cc3)nc(N)nc2s1. The van der Waals surface area contributed by atoms with Crippen LogP contribution in [0.15, 0.2) is 30.3 Å². The molecule has 2 heterocycles. The fraction of sp³-hybridized carbons (Fsp3) is 0.235. The van der Waals surface area contributed by atoms with E-state index >= 15 is 0 Å². The van der Waals surface area contributed by atoms with Gasteiger partial charge in [0, 0.05) is 10.9 Å². The molecule has 0 amide bonds. The van der Waals surface area contributed by atoms with Gasteiger partial charge in [-0.1, -0.05) is 0 Å². The van der Waals surface area contributed by atoms with Crippen LogP contribution in [0.5, 0.6) is 5.75 Å². The molecule has 24 heavy (non-hydrogen) atoms. The predicted octanol–water partition coefficient (Wildman–Crippen LogP) is 3.52. The molecule has 0 aliphatic heterocycles. The minimum atomic E-state index is -0.364. The molecule has 0 spiro atoms. The van der Waals surface area contributed by atoms with Gasteiger partial charge in [-0.05, 0) is 44.2 Å². The van der Waals surface area contributed by atoms with E-state index < -0.39 is 0 Å². The molecule has 124 valence electrons. The third-order valence-electron chi connectivity index (χ3n) is 3.33. The zero-order valence-corrected chi connectivity index (χ0v) is 14.2. The van der Waals surface area contributed by atoms with Crippen LogP contribution in [0.1, 0.15) is 23.5 Å². The zero-order chi connectivity index (χ0) is 17.1. The molecule has 6 nitrogen and oxygen atoms in total. The summed E-state index contributed by atoms with van der Waals surface area (Å²) in [4.78, 5) is 21.7. The lowest BCUT2D eigenvalue weighted by Gasteiger charge is -2.06. The quantitative estimate of drug-likeness (QED) is 0.713. The first kappa shape index (κ1) is 16.2. The Morgan fingerprint density at radius 1 is 1.17 bits per heavy atom. The van der Waals surface area contributed by atoms with Gasteiger partial charge in [-0.25, -0.2) is 14.8 Å². The third kappa shape index (κ3) is 3.16. The van der Waals surface area contributed by atoms with Gasteiger partial charge in [-0.3, -0.25) is 0 Å². The predicted molar refractivity (Wildman–Crippen MR) is 94.4 cm³/mol. The number of anilines is 1. The smallest absolute Gasteiger partial charge is 0.348 e. The minimum absolute atomic E-state index is 0.170. The lowest BCUT2D eigenvalue weighted by atomic mass is 10.1. The highest BCUT2D eigenvalue weighted by Gasteiger charge is 2.17. The summed E-state index contributed by atoms with van der Waals surface area (Å²) in [5.74, 6) is 0.595. The molecule has 2 aromatic heterocycles. The van der Waals surface area contributed by atoms with E-state index in [2.05, 4.69) is 9.97 Å². The summed E-state index contributed by atoms with van der Waals surface area (Å²) < 4.78 is 10.5.